The number of ether oxygens (including phenoxy) is 1. The van der Waals surface area contributed by atoms with Crippen molar-refractivity contribution in [2.24, 2.45) is 5.92 Å². The molecule has 1 aromatic rings. The van der Waals surface area contributed by atoms with Gasteiger partial charge in [-0.05, 0) is 31.4 Å². The number of carbonyl (C=O) groups is 2. The van der Waals surface area contributed by atoms with Crippen LogP contribution in [0.25, 0.3) is 0 Å². The van der Waals surface area contributed by atoms with Crippen LogP contribution in [-0.4, -0.2) is 67.6 Å². The monoisotopic (exact) mass is 359 g/mol. The first kappa shape index (κ1) is 18.7. The van der Waals surface area contributed by atoms with E-state index in [4.69, 9.17) is 4.74 Å². The Morgan fingerprint density at radius 2 is 1.92 bits per heavy atom. The lowest BCUT2D eigenvalue weighted by Gasteiger charge is -2.24. The van der Waals surface area contributed by atoms with Gasteiger partial charge in [-0.1, -0.05) is 19.1 Å². The van der Waals surface area contributed by atoms with E-state index in [0.29, 0.717) is 38.4 Å². The first-order chi connectivity index (χ1) is 12.7. The van der Waals surface area contributed by atoms with Crippen LogP contribution in [-0.2, 0) is 9.53 Å². The summed E-state index contributed by atoms with van der Waals surface area (Å²) in [5, 5.41) is 3.34. The van der Waals surface area contributed by atoms with Gasteiger partial charge < -0.3 is 19.9 Å². The molecule has 3 rings (SSSR count). The summed E-state index contributed by atoms with van der Waals surface area (Å²) in [5.41, 5.74) is 1.60. The first-order valence-corrected chi connectivity index (χ1v) is 9.69. The van der Waals surface area contributed by atoms with E-state index in [1.807, 2.05) is 34.1 Å². The largest absolute Gasteiger partial charge is 0.384 e. The molecule has 2 fully saturated rings. The highest BCUT2D eigenvalue weighted by Gasteiger charge is 2.30. The van der Waals surface area contributed by atoms with E-state index in [0.717, 1.165) is 38.0 Å². The lowest BCUT2D eigenvalue weighted by atomic mass is 10.1. The molecule has 6 heteroatoms. The highest BCUT2D eigenvalue weighted by atomic mass is 16.5. The number of amides is 2. The maximum absolute atomic E-state index is 13.0. The topological polar surface area (TPSA) is 61.9 Å². The van der Waals surface area contributed by atoms with Gasteiger partial charge in [0.15, 0.2) is 0 Å². The minimum Gasteiger partial charge on any atom is -0.384 e. The van der Waals surface area contributed by atoms with E-state index in [9.17, 15) is 9.59 Å². The lowest BCUT2D eigenvalue weighted by molar-refractivity contribution is -0.135. The van der Waals surface area contributed by atoms with Gasteiger partial charge in [-0.3, -0.25) is 9.59 Å². The van der Waals surface area contributed by atoms with E-state index in [2.05, 4.69) is 12.2 Å². The van der Waals surface area contributed by atoms with Crippen molar-refractivity contribution >= 4 is 17.5 Å². The van der Waals surface area contributed by atoms with Crippen LogP contribution in [0.3, 0.4) is 0 Å². The molecule has 1 N–H and O–H groups in total. The second-order valence-corrected chi connectivity index (χ2v) is 7.00. The maximum atomic E-state index is 13.0. The van der Waals surface area contributed by atoms with E-state index in [1.165, 1.54) is 0 Å². The molecule has 142 valence electrons. The van der Waals surface area contributed by atoms with Crippen LogP contribution in [0, 0.1) is 5.92 Å². The third kappa shape index (κ3) is 4.36. The third-order valence-corrected chi connectivity index (χ3v) is 5.10. The van der Waals surface area contributed by atoms with Crippen molar-refractivity contribution in [3.8, 4) is 0 Å². The Balaban J connectivity index is 1.63. The molecule has 2 aliphatic heterocycles. The standard InChI is InChI=1S/C20H29N3O3/c1-2-9-21-18-7-4-3-6-17(18)20(25)23-11-5-10-22(12-13-23)19(24)16-8-14-26-15-16/h3-4,6-7,16,21H,2,5,8-15H2,1H3. The van der Waals surface area contributed by atoms with Gasteiger partial charge in [0.1, 0.15) is 0 Å². The van der Waals surface area contributed by atoms with Gasteiger partial charge in [0.2, 0.25) is 5.91 Å². The number of nitrogens with one attached hydrogen (secondary N) is 1. The second kappa shape index (κ2) is 9.03. The molecule has 0 saturated carbocycles. The van der Waals surface area contributed by atoms with E-state index in [-0.39, 0.29) is 17.7 Å². The molecule has 1 atom stereocenters. The maximum Gasteiger partial charge on any atom is 0.256 e. The molecule has 2 amide bonds. The first-order valence-electron chi connectivity index (χ1n) is 9.69. The van der Waals surface area contributed by atoms with Crippen molar-refractivity contribution < 1.29 is 14.3 Å². The smallest absolute Gasteiger partial charge is 0.256 e. The van der Waals surface area contributed by atoms with Crippen molar-refractivity contribution in [1.29, 1.82) is 0 Å². The molecule has 0 radical (unpaired) electrons. The van der Waals surface area contributed by atoms with E-state index < -0.39 is 0 Å². The second-order valence-electron chi connectivity index (χ2n) is 7.00. The summed E-state index contributed by atoms with van der Waals surface area (Å²) >= 11 is 0. The zero-order chi connectivity index (χ0) is 18.4. The van der Waals surface area contributed by atoms with Crippen LogP contribution >= 0.6 is 0 Å². The number of hydrogen-bond donors (Lipinski definition) is 1. The minimum atomic E-state index is -0.00350. The molecule has 6 nitrogen and oxygen atoms in total. The Morgan fingerprint density at radius 3 is 2.69 bits per heavy atom. The molecule has 1 aromatic carbocycles. The molecule has 0 bridgehead atoms. The predicted octanol–water partition coefficient (Wildman–Crippen LogP) is 2.22. The third-order valence-electron chi connectivity index (χ3n) is 5.10. The van der Waals surface area contributed by atoms with Gasteiger partial charge in [0, 0.05) is 45.0 Å². The number of benzene rings is 1. The zero-order valence-corrected chi connectivity index (χ0v) is 15.6. The van der Waals surface area contributed by atoms with Crippen LogP contribution in [0.5, 0.6) is 0 Å². The predicted molar refractivity (Wildman–Crippen MR) is 101 cm³/mol. The van der Waals surface area contributed by atoms with E-state index in [1.54, 1.807) is 0 Å². The summed E-state index contributed by atoms with van der Waals surface area (Å²) in [6.07, 6.45) is 2.64. The molecule has 2 heterocycles. The van der Waals surface area contributed by atoms with Gasteiger partial charge in [-0.25, -0.2) is 0 Å². The molecule has 0 aromatic heterocycles. The summed E-state index contributed by atoms with van der Waals surface area (Å²) in [5.74, 6) is 0.223. The van der Waals surface area contributed by atoms with Crippen molar-refractivity contribution in [2.75, 3.05) is 51.3 Å². The molecule has 0 spiro atoms. The van der Waals surface area contributed by atoms with Gasteiger partial charge in [-0.2, -0.15) is 0 Å². The van der Waals surface area contributed by atoms with Crippen molar-refractivity contribution in [3.63, 3.8) is 0 Å². The molecule has 1 unspecified atom stereocenters. The highest BCUT2D eigenvalue weighted by Crippen LogP contribution is 2.20. The fourth-order valence-corrected chi connectivity index (χ4v) is 3.58. The van der Waals surface area contributed by atoms with Crippen LogP contribution in [0.15, 0.2) is 24.3 Å². The average molecular weight is 359 g/mol. The number of rotatable bonds is 5. The number of anilines is 1. The molecule has 26 heavy (non-hydrogen) atoms. The summed E-state index contributed by atoms with van der Waals surface area (Å²) < 4.78 is 5.34. The minimum absolute atomic E-state index is 0.00350. The van der Waals surface area contributed by atoms with Gasteiger partial charge in [-0.15, -0.1) is 0 Å². The quantitative estimate of drug-likeness (QED) is 0.876. The Labute approximate surface area is 155 Å². The Morgan fingerprint density at radius 1 is 1.15 bits per heavy atom. The SMILES string of the molecule is CCCNc1ccccc1C(=O)N1CCCN(C(=O)C2CCOC2)CC1. The number of para-hydroxylation sites is 1. The highest BCUT2D eigenvalue weighted by molar-refractivity contribution is 5.99. The Bertz CT molecular complexity index is 628. The van der Waals surface area contributed by atoms with E-state index >= 15 is 0 Å². The molecular weight excluding hydrogens is 330 g/mol. The fraction of sp³-hybridized carbons (Fsp3) is 0.600. The summed E-state index contributed by atoms with van der Waals surface area (Å²) in [6.45, 7) is 6.75. The van der Waals surface area contributed by atoms with Crippen LogP contribution < -0.4 is 5.32 Å². The Hall–Kier alpha value is -2.08. The Kier molecular flexibility index (Phi) is 6.50. The van der Waals surface area contributed by atoms with Crippen molar-refractivity contribution in [3.05, 3.63) is 29.8 Å². The van der Waals surface area contributed by atoms with Gasteiger partial charge in [0.25, 0.3) is 5.91 Å². The normalized spacial score (nSPS) is 20.7. The lowest BCUT2D eigenvalue weighted by Crippen LogP contribution is -2.40. The van der Waals surface area contributed by atoms with Crippen molar-refractivity contribution in [2.45, 2.75) is 26.2 Å². The van der Waals surface area contributed by atoms with Crippen LogP contribution in [0.4, 0.5) is 5.69 Å². The summed E-state index contributed by atoms with van der Waals surface area (Å²) in [4.78, 5) is 29.4. The molecule has 2 aliphatic rings. The molecular formula is C20H29N3O3. The molecule has 0 aliphatic carbocycles. The van der Waals surface area contributed by atoms with Crippen LogP contribution in [0.2, 0.25) is 0 Å². The van der Waals surface area contributed by atoms with Crippen molar-refractivity contribution in [1.82, 2.24) is 9.80 Å². The van der Waals surface area contributed by atoms with Gasteiger partial charge in [0.05, 0.1) is 18.1 Å². The number of nitrogens with zero attached hydrogens (tertiary/aromatic N) is 2. The van der Waals surface area contributed by atoms with Crippen LogP contribution in [0.1, 0.15) is 36.5 Å². The number of hydrogen-bond acceptors (Lipinski definition) is 4. The fourth-order valence-electron chi connectivity index (χ4n) is 3.58. The summed E-state index contributed by atoms with van der Waals surface area (Å²) in [6, 6.07) is 7.68. The zero-order valence-electron chi connectivity index (χ0n) is 15.6. The average Bonchev–Trinajstić information content (AvgIpc) is 3.10. The van der Waals surface area contributed by atoms with Gasteiger partial charge >= 0.3 is 0 Å². The summed E-state index contributed by atoms with van der Waals surface area (Å²) in [7, 11) is 0. The number of carbonyl (C=O) groups excluding carboxylic acids is 2. The molecule has 2 saturated heterocycles.